The van der Waals surface area contributed by atoms with Crippen molar-refractivity contribution < 1.29 is 14.6 Å². The van der Waals surface area contributed by atoms with E-state index in [1.165, 1.54) is 0 Å². The summed E-state index contributed by atoms with van der Waals surface area (Å²) in [6.45, 7) is 0.707. The highest BCUT2D eigenvalue weighted by Gasteiger charge is 2.41. The number of rotatable bonds is 6. The van der Waals surface area contributed by atoms with Crippen LogP contribution >= 0.6 is 0 Å². The molecular weight excluding hydrogens is 218 g/mol. The van der Waals surface area contributed by atoms with Gasteiger partial charge in [0.25, 0.3) is 5.91 Å². The molecule has 0 bridgehead atoms. The standard InChI is InChI=1S/C13H17NO3/c15-10-13(6-7-13)9-14-12(16)8-17-11-4-2-1-3-5-11/h1-5,15H,6-10H2,(H,14,16). The lowest BCUT2D eigenvalue weighted by atomic mass is 10.1. The van der Waals surface area contributed by atoms with Crippen LogP contribution in [0.3, 0.4) is 0 Å². The van der Waals surface area contributed by atoms with Crippen molar-refractivity contribution in [1.82, 2.24) is 5.32 Å². The van der Waals surface area contributed by atoms with Crippen molar-refractivity contribution in [3.63, 3.8) is 0 Å². The van der Waals surface area contributed by atoms with Crippen LogP contribution in [0.2, 0.25) is 0 Å². The number of hydrogen-bond donors (Lipinski definition) is 2. The van der Waals surface area contributed by atoms with Crippen LogP contribution in [0.1, 0.15) is 12.8 Å². The first-order chi connectivity index (χ1) is 8.24. The van der Waals surface area contributed by atoms with Gasteiger partial charge in [0.15, 0.2) is 6.61 Å². The lowest BCUT2D eigenvalue weighted by Gasteiger charge is -2.13. The molecule has 0 unspecified atom stereocenters. The number of carbonyl (C=O) groups is 1. The van der Waals surface area contributed by atoms with Crippen molar-refractivity contribution in [2.45, 2.75) is 12.8 Å². The van der Waals surface area contributed by atoms with E-state index in [1.807, 2.05) is 30.3 Å². The third kappa shape index (κ3) is 3.46. The number of para-hydroxylation sites is 1. The fourth-order valence-electron chi connectivity index (χ4n) is 1.57. The number of hydrogen-bond acceptors (Lipinski definition) is 3. The summed E-state index contributed by atoms with van der Waals surface area (Å²) in [5, 5.41) is 11.9. The Morgan fingerprint density at radius 2 is 2.06 bits per heavy atom. The summed E-state index contributed by atoms with van der Waals surface area (Å²) in [6, 6.07) is 9.23. The van der Waals surface area contributed by atoms with Crippen molar-refractivity contribution in [2.24, 2.45) is 5.41 Å². The number of ether oxygens (including phenoxy) is 1. The van der Waals surface area contributed by atoms with E-state index >= 15 is 0 Å². The van der Waals surface area contributed by atoms with Gasteiger partial charge in [-0.15, -0.1) is 0 Å². The first-order valence-electron chi connectivity index (χ1n) is 5.80. The van der Waals surface area contributed by atoms with Gasteiger partial charge in [-0.25, -0.2) is 0 Å². The van der Waals surface area contributed by atoms with Crippen LogP contribution in [-0.4, -0.2) is 30.8 Å². The van der Waals surface area contributed by atoms with Gasteiger partial charge in [-0.2, -0.15) is 0 Å². The monoisotopic (exact) mass is 235 g/mol. The Kier molecular flexibility index (Phi) is 3.64. The number of nitrogens with one attached hydrogen (secondary N) is 1. The van der Waals surface area contributed by atoms with E-state index in [2.05, 4.69) is 5.32 Å². The summed E-state index contributed by atoms with van der Waals surface area (Å²) in [5.41, 5.74) is -0.0532. The molecule has 1 aromatic carbocycles. The second kappa shape index (κ2) is 5.19. The summed E-state index contributed by atoms with van der Waals surface area (Å²) in [7, 11) is 0. The molecule has 1 fully saturated rings. The second-order valence-corrected chi connectivity index (χ2v) is 4.54. The molecule has 0 aromatic heterocycles. The molecule has 1 amide bonds. The molecule has 1 saturated carbocycles. The maximum atomic E-state index is 11.5. The third-order valence-corrected chi connectivity index (χ3v) is 3.07. The molecule has 0 aliphatic heterocycles. The van der Waals surface area contributed by atoms with Crippen molar-refractivity contribution in [3.8, 4) is 5.75 Å². The molecule has 0 saturated heterocycles. The van der Waals surface area contributed by atoms with E-state index in [9.17, 15) is 4.79 Å². The SMILES string of the molecule is O=C(COc1ccccc1)NCC1(CO)CC1. The van der Waals surface area contributed by atoms with Crippen LogP contribution in [0.4, 0.5) is 0 Å². The number of amides is 1. The van der Waals surface area contributed by atoms with Crippen molar-refractivity contribution >= 4 is 5.91 Å². The normalized spacial score (nSPS) is 16.3. The van der Waals surface area contributed by atoms with Gasteiger partial charge in [-0.3, -0.25) is 4.79 Å². The van der Waals surface area contributed by atoms with Gasteiger partial charge in [-0.1, -0.05) is 18.2 Å². The minimum atomic E-state index is -0.145. The van der Waals surface area contributed by atoms with Gasteiger partial charge in [0.1, 0.15) is 5.75 Å². The zero-order valence-corrected chi connectivity index (χ0v) is 9.69. The van der Waals surface area contributed by atoms with Crippen molar-refractivity contribution in [2.75, 3.05) is 19.8 Å². The molecule has 17 heavy (non-hydrogen) atoms. The molecule has 2 N–H and O–H groups in total. The van der Waals surface area contributed by atoms with E-state index in [0.717, 1.165) is 12.8 Å². The number of aliphatic hydroxyl groups excluding tert-OH is 1. The van der Waals surface area contributed by atoms with Gasteiger partial charge < -0.3 is 15.2 Å². The zero-order chi connectivity index (χ0) is 12.1. The Hall–Kier alpha value is -1.55. The minimum absolute atomic E-state index is 0.0194. The third-order valence-electron chi connectivity index (χ3n) is 3.07. The largest absolute Gasteiger partial charge is 0.484 e. The zero-order valence-electron chi connectivity index (χ0n) is 9.69. The molecule has 1 aliphatic carbocycles. The molecule has 2 rings (SSSR count). The lowest BCUT2D eigenvalue weighted by Crippen LogP contribution is -2.35. The first-order valence-corrected chi connectivity index (χ1v) is 5.80. The molecule has 1 aromatic rings. The van der Waals surface area contributed by atoms with Crippen molar-refractivity contribution in [3.05, 3.63) is 30.3 Å². The number of carbonyl (C=O) groups excluding carboxylic acids is 1. The maximum absolute atomic E-state index is 11.5. The molecule has 4 heteroatoms. The van der Waals surface area contributed by atoms with Crippen molar-refractivity contribution in [1.29, 1.82) is 0 Å². The Morgan fingerprint density at radius 1 is 1.35 bits per heavy atom. The number of aliphatic hydroxyl groups is 1. The average molecular weight is 235 g/mol. The van der Waals surface area contributed by atoms with Gasteiger partial charge in [0.2, 0.25) is 0 Å². The van der Waals surface area contributed by atoms with E-state index in [1.54, 1.807) is 0 Å². The van der Waals surface area contributed by atoms with Crippen LogP contribution in [0, 0.1) is 5.41 Å². The molecule has 0 heterocycles. The highest BCUT2D eigenvalue weighted by molar-refractivity contribution is 5.77. The molecule has 0 atom stereocenters. The molecule has 0 spiro atoms. The lowest BCUT2D eigenvalue weighted by molar-refractivity contribution is -0.123. The van der Waals surface area contributed by atoms with Gasteiger partial charge in [0, 0.05) is 12.0 Å². The van der Waals surface area contributed by atoms with Crippen LogP contribution in [-0.2, 0) is 4.79 Å². The summed E-state index contributed by atoms with van der Waals surface area (Å²) < 4.78 is 5.31. The van der Waals surface area contributed by atoms with E-state index in [-0.39, 0.29) is 24.5 Å². The molecule has 0 radical (unpaired) electrons. The Bertz CT molecular complexity index is 374. The highest BCUT2D eigenvalue weighted by Crippen LogP contribution is 2.44. The van der Waals surface area contributed by atoms with E-state index in [4.69, 9.17) is 9.84 Å². The Labute approximate surface area is 101 Å². The van der Waals surface area contributed by atoms with Crippen LogP contribution in [0.15, 0.2) is 30.3 Å². The molecule has 92 valence electrons. The summed E-state index contributed by atoms with van der Waals surface area (Å²) in [5.74, 6) is 0.541. The fourth-order valence-corrected chi connectivity index (χ4v) is 1.57. The summed E-state index contributed by atoms with van der Waals surface area (Å²) in [6.07, 6.45) is 1.98. The summed E-state index contributed by atoms with van der Waals surface area (Å²) >= 11 is 0. The maximum Gasteiger partial charge on any atom is 0.257 e. The topological polar surface area (TPSA) is 58.6 Å². The Balaban J connectivity index is 1.68. The van der Waals surface area contributed by atoms with E-state index < -0.39 is 0 Å². The van der Waals surface area contributed by atoms with Gasteiger partial charge >= 0.3 is 0 Å². The predicted molar refractivity (Wildman–Crippen MR) is 63.7 cm³/mol. The minimum Gasteiger partial charge on any atom is -0.484 e. The van der Waals surface area contributed by atoms with Gasteiger partial charge in [0.05, 0.1) is 6.61 Å². The van der Waals surface area contributed by atoms with Crippen LogP contribution < -0.4 is 10.1 Å². The fraction of sp³-hybridized carbons (Fsp3) is 0.462. The average Bonchev–Trinajstić information content (AvgIpc) is 3.16. The Morgan fingerprint density at radius 3 is 2.65 bits per heavy atom. The summed E-state index contributed by atoms with van der Waals surface area (Å²) in [4.78, 5) is 11.5. The first kappa shape index (κ1) is 11.9. The van der Waals surface area contributed by atoms with Crippen LogP contribution in [0.25, 0.3) is 0 Å². The number of benzene rings is 1. The molecule has 4 nitrogen and oxygen atoms in total. The smallest absolute Gasteiger partial charge is 0.257 e. The predicted octanol–water partition coefficient (Wildman–Crippen LogP) is 0.954. The molecule has 1 aliphatic rings. The van der Waals surface area contributed by atoms with E-state index in [0.29, 0.717) is 12.3 Å². The van der Waals surface area contributed by atoms with Gasteiger partial charge in [-0.05, 0) is 25.0 Å². The molecular formula is C13H17NO3. The van der Waals surface area contributed by atoms with Crippen LogP contribution in [0.5, 0.6) is 5.75 Å². The quantitative estimate of drug-likeness (QED) is 0.772. The second-order valence-electron chi connectivity index (χ2n) is 4.54. The highest BCUT2D eigenvalue weighted by atomic mass is 16.5.